The summed E-state index contributed by atoms with van der Waals surface area (Å²) in [6.07, 6.45) is 5.72. The van der Waals surface area contributed by atoms with E-state index in [1.54, 1.807) is 0 Å². The second kappa shape index (κ2) is 6.43. The molecule has 2 aliphatic rings. The Morgan fingerprint density at radius 1 is 1.10 bits per heavy atom. The number of hydrogen-bond acceptors (Lipinski definition) is 4. The highest BCUT2D eigenvalue weighted by Crippen LogP contribution is 2.25. The fraction of sp³-hybridized carbons (Fsp3) is 0.625. The van der Waals surface area contributed by atoms with Crippen molar-refractivity contribution in [2.24, 2.45) is 11.7 Å². The van der Waals surface area contributed by atoms with Crippen molar-refractivity contribution >= 4 is 11.7 Å². The number of pyridine rings is 1. The van der Waals surface area contributed by atoms with Crippen LogP contribution in [0.4, 0.5) is 5.82 Å². The first-order valence-corrected chi connectivity index (χ1v) is 7.94. The van der Waals surface area contributed by atoms with Crippen LogP contribution in [0.3, 0.4) is 0 Å². The second-order valence-electron chi connectivity index (χ2n) is 6.11. The van der Waals surface area contributed by atoms with Crippen LogP contribution in [-0.4, -0.2) is 48.0 Å². The number of aromatic nitrogens is 1. The minimum atomic E-state index is 0.200. The standard InChI is InChI=1S/C16H24N4O/c17-14-6-4-13(5-7-14)16(21)20-11-9-19(10-12-20)15-3-1-2-8-18-15/h1-3,8,13-14H,4-7,9-12,17H2. The van der Waals surface area contributed by atoms with Crippen LogP contribution in [0.25, 0.3) is 0 Å². The third kappa shape index (κ3) is 3.35. The van der Waals surface area contributed by atoms with E-state index in [1.165, 1.54) is 0 Å². The largest absolute Gasteiger partial charge is 0.353 e. The van der Waals surface area contributed by atoms with Gasteiger partial charge in [-0.1, -0.05) is 6.07 Å². The van der Waals surface area contributed by atoms with Crippen LogP contribution in [0.2, 0.25) is 0 Å². The molecule has 0 radical (unpaired) electrons. The van der Waals surface area contributed by atoms with E-state index in [0.29, 0.717) is 11.9 Å². The fourth-order valence-electron chi connectivity index (χ4n) is 3.32. The van der Waals surface area contributed by atoms with Crippen molar-refractivity contribution in [3.8, 4) is 0 Å². The lowest BCUT2D eigenvalue weighted by Crippen LogP contribution is -2.51. The summed E-state index contributed by atoms with van der Waals surface area (Å²) in [5, 5.41) is 0. The summed E-state index contributed by atoms with van der Waals surface area (Å²) in [6.45, 7) is 3.35. The molecule has 5 nitrogen and oxygen atoms in total. The Kier molecular flexibility index (Phi) is 4.39. The van der Waals surface area contributed by atoms with Crippen LogP contribution in [0.15, 0.2) is 24.4 Å². The number of carbonyl (C=O) groups excluding carboxylic acids is 1. The second-order valence-corrected chi connectivity index (χ2v) is 6.11. The molecule has 0 unspecified atom stereocenters. The van der Waals surface area contributed by atoms with Gasteiger partial charge < -0.3 is 15.5 Å². The molecule has 1 aromatic heterocycles. The zero-order chi connectivity index (χ0) is 14.7. The lowest BCUT2D eigenvalue weighted by Gasteiger charge is -2.38. The Balaban J connectivity index is 1.52. The molecule has 1 aliphatic carbocycles. The molecular weight excluding hydrogens is 264 g/mol. The lowest BCUT2D eigenvalue weighted by molar-refractivity contribution is -0.136. The van der Waals surface area contributed by atoms with E-state index in [0.717, 1.165) is 57.7 Å². The van der Waals surface area contributed by atoms with Crippen LogP contribution in [0.5, 0.6) is 0 Å². The first-order valence-electron chi connectivity index (χ1n) is 7.94. The van der Waals surface area contributed by atoms with Crippen LogP contribution in [0, 0.1) is 5.92 Å². The van der Waals surface area contributed by atoms with Gasteiger partial charge in [0.1, 0.15) is 5.82 Å². The van der Waals surface area contributed by atoms with Crippen molar-refractivity contribution in [3.05, 3.63) is 24.4 Å². The van der Waals surface area contributed by atoms with Gasteiger partial charge in [-0.05, 0) is 37.8 Å². The third-order valence-corrected chi connectivity index (χ3v) is 4.69. The zero-order valence-electron chi connectivity index (χ0n) is 12.4. The number of hydrogen-bond donors (Lipinski definition) is 1. The van der Waals surface area contributed by atoms with Crippen molar-refractivity contribution < 1.29 is 4.79 Å². The van der Waals surface area contributed by atoms with Gasteiger partial charge >= 0.3 is 0 Å². The summed E-state index contributed by atoms with van der Waals surface area (Å²) in [4.78, 5) is 21.2. The summed E-state index contributed by atoms with van der Waals surface area (Å²) in [5.41, 5.74) is 5.92. The van der Waals surface area contributed by atoms with Gasteiger partial charge in [0.15, 0.2) is 0 Å². The Morgan fingerprint density at radius 2 is 1.81 bits per heavy atom. The molecule has 2 fully saturated rings. The molecule has 0 aromatic carbocycles. The van der Waals surface area contributed by atoms with Gasteiger partial charge in [-0.25, -0.2) is 4.98 Å². The molecule has 0 atom stereocenters. The highest BCUT2D eigenvalue weighted by molar-refractivity contribution is 5.79. The van der Waals surface area contributed by atoms with Crippen molar-refractivity contribution in [1.29, 1.82) is 0 Å². The summed E-state index contributed by atoms with van der Waals surface area (Å²) < 4.78 is 0. The number of amides is 1. The summed E-state index contributed by atoms with van der Waals surface area (Å²) >= 11 is 0. The molecule has 1 saturated carbocycles. The minimum Gasteiger partial charge on any atom is -0.353 e. The van der Waals surface area contributed by atoms with Gasteiger partial charge in [0, 0.05) is 44.3 Å². The number of nitrogens with zero attached hydrogens (tertiary/aromatic N) is 3. The summed E-state index contributed by atoms with van der Waals surface area (Å²) in [6, 6.07) is 6.26. The van der Waals surface area contributed by atoms with Crippen LogP contribution in [0.1, 0.15) is 25.7 Å². The van der Waals surface area contributed by atoms with E-state index in [1.807, 2.05) is 29.3 Å². The molecule has 2 N–H and O–H groups in total. The monoisotopic (exact) mass is 288 g/mol. The predicted octanol–water partition coefficient (Wildman–Crippen LogP) is 1.25. The van der Waals surface area contributed by atoms with Gasteiger partial charge in [-0.2, -0.15) is 0 Å². The molecule has 5 heteroatoms. The Labute approximate surface area is 126 Å². The number of nitrogens with two attached hydrogens (primary N) is 1. The normalized spacial score (nSPS) is 26.7. The maximum atomic E-state index is 12.6. The smallest absolute Gasteiger partial charge is 0.225 e. The average molecular weight is 288 g/mol. The Hall–Kier alpha value is -1.62. The topological polar surface area (TPSA) is 62.5 Å². The molecule has 1 aromatic rings. The molecule has 2 heterocycles. The van der Waals surface area contributed by atoms with Gasteiger partial charge in [0.2, 0.25) is 5.91 Å². The Bertz CT molecular complexity index is 462. The first-order chi connectivity index (χ1) is 10.2. The van der Waals surface area contributed by atoms with E-state index < -0.39 is 0 Å². The number of anilines is 1. The van der Waals surface area contributed by atoms with E-state index in [-0.39, 0.29) is 5.92 Å². The Morgan fingerprint density at radius 3 is 2.43 bits per heavy atom. The number of rotatable bonds is 2. The molecule has 0 spiro atoms. The average Bonchev–Trinajstić information content (AvgIpc) is 2.56. The summed E-state index contributed by atoms with van der Waals surface area (Å²) in [5.74, 6) is 1.54. The van der Waals surface area contributed by atoms with E-state index >= 15 is 0 Å². The SMILES string of the molecule is NC1CCC(C(=O)N2CCN(c3ccccn3)CC2)CC1. The molecule has 1 aliphatic heterocycles. The van der Waals surface area contributed by atoms with Gasteiger partial charge in [0.25, 0.3) is 0 Å². The van der Waals surface area contributed by atoms with Crippen LogP contribution < -0.4 is 10.6 Å². The molecule has 1 amide bonds. The predicted molar refractivity (Wildman–Crippen MR) is 83.0 cm³/mol. The first kappa shape index (κ1) is 14.3. The van der Waals surface area contributed by atoms with Gasteiger partial charge in [-0.3, -0.25) is 4.79 Å². The van der Waals surface area contributed by atoms with Crippen molar-refractivity contribution in [1.82, 2.24) is 9.88 Å². The van der Waals surface area contributed by atoms with Gasteiger partial charge in [0.05, 0.1) is 0 Å². The van der Waals surface area contributed by atoms with Crippen molar-refractivity contribution in [2.75, 3.05) is 31.1 Å². The highest BCUT2D eigenvalue weighted by Gasteiger charge is 2.30. The lowest BCUT2D eigenvalue weighted by atomic mass is 9.85. The maximum Gasteiger partial charge on any atom is 0.225 e. The van der Waals surface area contributed by atoms with Crippen LogP contribution in [-0.2, 0) is 4.79 Å². The van der Waals surface area contributed by atoms with Crippen molar-refractivity contribution in [2.45, 2.75) is 31.7 Å². The van der Waals surface area contributed by atoms with E-state index in [4.69, 9.17) is 5.73 Å². The molecule has 3 rings (SSSR count). The minimum absolute atomic E-state index is 0.200. The summed E-state index contributed by atoms with van der Waals surface area (Å²) in [7, 11) is 0. The molecular formula is C16H24N4O. The van der Waals surface area contributed by atoms with E-state index in [9.17, 15) is 4.79 Å². The molecule has 114 valence electrons. The zero-order valence-corrected chi connectivity index (χ0v) is 12.4. The third-order valence-electron chi connectivity index (χ3n) is 4.69. The number of piperazine rings is 1. The molecule has 1 saturated heterocycles. The van der Waals surface area contributed by atoms with Gasteiger partial charge in [-0.15, -0.1) is 0 Å². The highest BCUT2D eigenvalue weighted by atomic mass is 16.2. The van der Waals surface area contributed by atoms with Crippen LogP contribution >= 0.6 is 0 Å². The fourth-order valence-corrected chi connectivity index (χ4v) is 3.32. The number of carbonyl (C=O) groups is 1. The van der Waals surface area contributed by atoms with E-state index in [2.05, 4.69) is 9.88 Å². The van der Waals surface area contributed by atoms with Crippen molar-refractivity contribution in [3.63, 3.8) is 0 Å². The molecule has 0 bridgehead atoms. The maximum absolute atomic E-state index is 12.6. The molecule has 21 heavy (non-hydrogen) atoms. The quantitative estimate of drug-likeness (QED) is 0.889.